The van der Waals surface area contributed by atoms with Crippen LogP contribution in [-0.4, -0.2) is 56.6 Å². The molecule has 0 saturated carbocycles. The number of aromatic nitrogens is 1. The summed E-state index contributed by atoms with van der Waals surface area (Å²) in [5.74, 6) is 0.462. The van der Waals surface area contributed by atoms with Crippen LogP contribution in [0.1, 0.15) is 21.8 Å². The molecule has 1 aliphatic heterocycles. The fourth-order valence-corrected chi connectivity index (χ4v) is 4.06. The number of hydrogen-bond donors (Lipinski definition) is 1. The third-order valence-corrected chi connectivity index (χ3v) is 5.98. The fraction of sp³-hybridized carbons (Fsp3) is 0.412. The molecule has 1 amide bonds. The zero-order valence-electron chi connectivity index (χ0n) is 14.5. The number of benzene rings is 1. The van der Waals surface area contributed by atoms with Crippen LogP contribution in [0.5, 0.6) is 0 Å². The van der Waals surface area contributed by atoms with E-state index in [-0.39, 0.29) is 10.8 Å². The Kier molecular flexibility index (Phi) is 5.70. The summed E-state index contributed by atoms with van der Waals surface area (Å²) >= 11 is 0. The second-order valence-corrected chi connectivity index (χ2v) is 7.91. The van der Waals surface area contributed by atoms with Gasteiger partial charge in [0.15, 0.2) is 0 Å². The summed E-state index contributed by atoms with van der Waals surface area (Å²) < 4.78 is 36.7. The molecule has 2 aromatic rings. The molecule has 1 aromatic heterocycles. The molecule has 2 heterocycles. The molecule has 0 spiro atoms. The van der Waals surface area contributed by atoms with E-state index in [1.165, 1.54) is 28.6 Å². The second-order valence-electron chi connectivity index (χ2n) is 5.98. The highest BCUT2D eigenvalue weighted by atomic mass is 32.2. The lowest BCUT2D eigenvalue weighted by atomic mass is 10.2. The first-order valence-corrected chi connectivity index (χ1v) is 9.79. The first kappa shape index (κ1) is 18.6. The normalized spacial score (nSPS) is 15.7. The number of carbonyl (C=O) groups excluding carboxylic acids is 1. The zero-order valence-corrected chi connectivity index (χ0v) is 15.3. The van der Waals surface area contributed by atoms with E-state index in [1.54, 1.807) is 0 Å². The van der Waals surface area contributed by atoms with Gasteiger partial charge in [0.05, 0.1) is 23.8 Å². The summed E-state index contributed by atoms with van der Waals surface area (Å²) in [6, 6.07) is 7.77. The van der Waals surface area contributed by atoms with Gasteiger partial charge in [0.25, 0.3) is 5.91 Å². The maximum Gasteiger partial charge on any atom is 0.251 e. The van der Waals surface area contributed by atoms with Crippen molar-refractivity contribution in [1.29, 1.82) is 0 Å². The minimum atomic E-state index is -3.55. The molecule has 1 saturated heterocycles. The Bertz CT molecular complexity index is 855. The van der Waals surface area contributed by atoms with Gasteiger partial charge >= 0.3 is 0 Å². The number of hydrogen-bond acceptors (Lipinski definition) is 6. The molecule has 3 rings (SSSR count). The van der Waals surface area contributed by atoms with Gasteiger partial charge in [-0.05, 0) is 31.2 Å². The van der Waals surface area contributed by atoms with Crippen molar-refractivity contribution in [2.45, 2.75) is 18.2 Å². The summed E-state index contributed by atoms with van der Waals surface area (Å²) in [5, 5.41) is 6.64. The van der Waals surface area contributed by atoms with E-state index >= 15 is 0 Å². The number of rotatable bonds is 6. The molecule has 0 bridgehead atoms. The monoisotopic (exact) mass is 379 g/mol. The first-order valence-electron chi connectivity index (χ1n) is 8.35. The molecule has 0 atom stereocenters. The van der Waals surface area contributed by atoms with E-state index in [0.29, 0.717) is 44.8 Å². The Balaban J connectivity index is 1.58. The van der Waals surface area contributed by atoms with Crippen molar-refractivity contribution < 1.29 is 22.5 Å². The summed E-state index contributed by atoms with van der Waals surface area (Å²) in [6.07, 6.45) is 0.562. The minimum Gasteiger partial charge on any atom is -0.379 e. The molecule has 1 aliphatic rings. The highest BCUT2D eigenvalue weighted by Crippen LogP contribution is 2.17. The van der Waals surface area contributed by atoms with E-state index in [2.05, 4.69) is 10.5 Å². The quantitative estimate of drug-likeness (QED) is 0.803. The number of ether oxygens (including phenoxy) is 1. The van der Waals surface area contributed by atoms with Gasteiger partial charge in [0.2, 0.25) is 10.0 Å². The third-order valence-electron chi connectivity index (χ3n) is 4.07. The van der Waals surface area contributed by atoms with Crippen molar-refractivity contribution in [2.75, 3.05) is 32.8 Å². The van der Waals surface area contributed by atoms with Crippen LogP contribution in [0, 0.1) is 6.92 Å². The molecule has 1 N–H and O–H groups in total. The highest BCUT2D eigenvalue weighted by Gasteiger charge is 2.26. The van der Waals surface area contributed by atoms with Crippen LogP contribution in [0.4, 0.5) is 0 Å². The first-order chi connectivity index (χ1) is 12.5. The molecular weight excluding hydrogens is 358 g/mol. The smallest absolute Gasteiger partial charge is 0.251 e. The SMILES string of the molecule is Cc1cc(CCNC(=O)c2ccc(S(=O)(=O)N3CCOCC3)cc2)no1. The number of aryl methyl sites for hydroxylation is 1. The fourth-order valence-electron chi connectivity index (χ4n) is 2.66. The maximum absolute atomic E-state index is 12.6. The van der Waals surface area contributed by atoms with Crippen molar-refractivity contribution in [3.63, 3.8) is 0 Å². The molecular formula is C17H21N3O5S. The lowest BCUT2D eigenvalue weighted by Gasteiger charge is -2.26. The van der Waals surface area contributed by atoms with Gasteiger partial charge in [0.1, 0.15) is 5.76 Å². The number of nitrogens with one attached hydrogen (secondary N) is 1. The highest BCUT2D eigenvalue weighted by molar-refractivity contribution is 7.89. The average molecular weight is 379 g/mol. The van der Waals surface area contributed by atoms with Crippen LogP contribution in [0.15, 0.2) is 39.8 Å². The molecule has 26 heavy (non-hydrogen) atoms. The number of amides is 1. The van der Waals surface area contributed by atoms with Gasteiger partial charge in [-0.2, -0.15) is 4.31 Å². The Hall–Kier alpha value is -2.23. The van der Waals surface area contributed by atoms with Crippen molar-refractivity contribution in [1.82, 2.24) is 14.8 Å². The predicted octanol–water partition coefficient (Wildman–Crippen LogP) is 0.976. The van der Waals surface area contributed by atoms with Crippen LogP contribution in [0.3, 0.4) is 0 Å². The molecule has 8 nitrogen and oxygen atoms in total. The average Bonchev–Trinajstić information content (AvgIpc) is 3.07. The number of morpholine rings is 1. The van der Waals surface area contributed by atoms with Crippen molar-refractivity contribution in [3.05, 3.63) is 47.3 Å². The van der Waals surface area contributed by atoms with Gasteiger partial charge in [-0.25, -0.2) is 8.42 Å². The predicted molar refractivity (Wildman–Crippen MR) is 93.3 cm³/mol. The second kappa shape index (κ2) is 7.98. The summed E-state index contributed by atoms with van der Waals surface area (Å²) in [5.41, 5.74) is 1.18. The maximum atomic E-state index is 12.6. The van der Waals surface area contributed by atoms with E-state index in [4.69, 9.17) is 9.26 Å². The van der Waals surface area contributed by atoms with Crippen LogP contribution < -0.4 is 5.32 Å². The summed E-state index contributed by atoms with van der Waals surface area (Å²) in [7, 11) is -3.55. The number of sulfonamides is 1. The topological polar surface area (TPSA) is 102 Å². The Labute approximate surface area is 152 Å². The number of nitrogens with zero attached hydrogens (tertiary/aromatic N) is 2. The van der Waals surface area contributed by atoms with Crippen molar-refractivity contribution in [3.8, 4) is 0 Å². The largest absolute Gasteiger partial charge is 0.379 e. The van der Waals surface area contributed by atoms with E-state index in [1.807, 2.05) is 13.0 Å². The molecule has 0 aliphatic carbocycles. The third kappa shape index (κ3) is 4.29. The Morgan fingerprint density at radius 1 is 1.23 bits per heavy atom. The van der Waals surface area contributed by atoms with E-state index < -0.39 is 10.0 Å². The molecule has 0 unspecified atom stereocenters. The van der Waals surface area contributed by atoms with Gasteiger partial charge in [-0.1, -0.05) is 5.16 Å². The molecule has 140 valence electrons. The molecule has 1 aromatic carbocycles. The summed E-state index contributed by atoms with van der Waals surface area (Å²) in [6.45, 7) is 3.69. The standard InChI is InChI=1S/C17H21N3O5S/c1-13-12-15(19-25-13)6-7-18-17(21)14-2-4-16(5-3-14)26(22,23)20-8-10-24-11-9-20/h2-5,12H,6-11H2,1H3,(H,18,21). The molecule has 0 radical (unpaired) electrons. The Morgan fingerprint density at radius 3 is 2.54 bits per heavy atom. The lowest BCUT2D eigenvalue weighted by Crippen LogP contribution is -2.40. The minimum absolute atomic E-state index is 0.175. The van der Waals surface area contributed by atoms with Gasteiger partial charge < -0.3 is 14.6 Å². The lowest BCUT2D eigenvalue weighted by molar-refractivity contribution is 0.0730. The molecule has 1 fully saturated rings. The van der Waals surface area contributed by atoms with Gasteiger partial charge in [0, 0.05) is 37.7 Å². The van der Waals surface area contributed by atoms with Crippen LogP contribution in [0.2, 0.25) is 0 Å². The van der Waals surface area contributed by atoms with Crippen LogP contribution in [-0.2, 0) is 21.2 Å². The van der Waals surface area contributed by atoms with Gasteiger partial charge in [-0.3, -0.25) is 4.79 Å². The summed E-state index contributed by atoms with van der Waals surface area (Å²) in [4.78, 5) is 12.3. The van der Waals surface area contributed by atoms with Crippen LogP contribution >= 0.6 is 0 Å². The van der Waals surface area contributed by atoms with Gasteiger partial charge in [-0.15, -0.1) is 0 Å². The zero-order chi connectivity index (χ0) is 18.6. The van der Waals surface area contributed by atoms with E-state index in [0.717, 1.165) is 11.5 Å². The Morgan fingerprint density at radius 2 is 1.92 bits per heavy atom. The van der Waals surface area contributed by atoms with Crippen molar-refractivity contribution >= 4 is 15.9 Å². The van der Waals surface area contributed by atoms with Crippen LogP contribution in [0.25, 0.3) is 0 Å². The van der Waals surface area contributed by atoms with E-state index in [9.17, 15) is 13.2 Å². The van der Waals surface area contributed by atoms with Crippen molar-refractivity contribution in [2.24, 2.45) is 0 Å². The molecule has 9 heteroatoms. The number of carbonyl (C=O) groups is 1.